The number of nitrogens with zero attached hydrogens (tertiary/aromatic N) is 4. The van der Waals surface area contributed by atoms with E-state index in [2.05, 4.69) is 20.9 Å². The van der Waals surface area contributed by atoms with Gasteiger partial charge < -0.3 is 4.57 Å². The molecule has 0 aliphatic rings. The molecule has 0 fully saturated rings. The molecule has 1 aromatic carbocycles. The first-order valence-corrected chi connectivity index (χ1v) is 8.41. The number of halogens is 1. The highest BCUT2D eigenvalue weighted by atomic mass is 79.9. The average molecular weight is 377 g/mol. The second-order valence-electron chi connectivity index (χ2n) is 5.41. The first-order chi connectivity index (χ1) is 11.0. The number of benzene rings is 1. The van der Waals surface area contributed by atoms with Crippen LogP contribution < -0.4 is 11.2 Å². The lowest BCUT2D eigenvalue weighted by molar-refractivity contribution is 0.697. The van der Waals surface area contributed by atoms with Crippen molar-refractivity contribution < 1.29 is 0 Å². The van der Waals surface area contributed by atoms with Gasteiger partial charge in [0.05, 0.1) is 0 Å². The van der Waals surface area contributed by atoms with Crippen LogP contribution in [0.1, 0.15) is 11.4 Å². The first-order valence-electron chi connectivity index (χ1n) is 7.29. The summed E-state index contributed by atoms with van der Waals surface area (Å²) >= 11 is 3.43. The molecule has 2 aromatic heterocycles. The van der Waals surface area contributed by atoms with Crippen LogP contribution in [0, 0.1) is 0 Å². The van der Waals surface area contributed by atoms with Crippen LogP contribution >= 0.6 is 15.9 Å². The number of rotatable bonds is 4. The minimum Gasteiger partial charge on any atom is -0.321 e. The van der Waals surface area contributed by atoms with Gasteiger partial charge >= 0.3 is 5.69 Å². The van der Waals surface area contributed by atoms with Crippen molar-refractivity contribution in [3.8, 4) is 0 Å². The van der Waals surface area contributed by atoms with Crippen molar-refractivity contribution in [2.45, 2.75) is 13.0 Å². The zero-order valence-corrected chi connectivity index (χ0v) is 14.6. The van der Waals surface area contributed by atoms with Gasteiger partial charge in [0, 0.05) is 32.4 Å². The summed E-state index contributed by atoms with van der Waals surface area (Å²) < 4.78 is 4.45. The largest absolute Gasteiger partial charge is 0.332 e. The topological polar surface area (TPSA) is 61.8 Å². The SMILES string of the molecule is Cn1c(=O)c2c(nc(Cc3ccccc3)n2CCBr)n(C)c1=O. The Balaban J connectivity index is 2.28. The zero-order valence-electron chi connectivity index (χ0n) is 13.0. The Hall–Kier alpha value is -2.15. The minimum absolute atomic E-state index is 0.309. The van der Waals surface area contributed by atoms with E-state index >= 15 is 0 Å². The molecule has 0 N–H and O–H groups in total. The monoisotopic (exact) mass is 376 g/mol. The third-order valence-corrected chi connectivity index (χ3v) is 4.29. The number of hydrogen-bond acceptors (Lipinski definition) is 3. The molecular formula is C16H17BrN4O2. The third kappa shape index (κ3) is 2.65. The molecule has 0 atom stereocenters. The Morgan fingerprint density at radius 3 is 2.43 bits per heavy atom. The average Bonchev–Trinajstić information content (AvgIpc) is 2.91. The smallest absolute Gasteiger partial charge is 0.321 e. The Morgan fingerprint density at radius 1 is 1.09 bits per heavy atom. The van der Waals surface area contributed by atoms with E-state index in [1.807, 2.05) is 34.9 Å². The van der Waals surface area contributed by atoms with E-state index in [4.69, 9.17) is 0 Å². The third-order valence-electron chi connectivity index (χ3n) is 3.94. The Labute approximate surface area is 141 Å². The van der Waals surface area contributed by atoms with Crippen LogP contribution in [0.5, 0.6) is 0 Å². The fraction of sp³-hybridized carbons (Fsp3) is 0.312. The summed E-state index contributed by atoms with van der Waals surface area (Å²) in [5, 5.41) is 0.701. The number of aryl methyl sites for hydroxylation is 2. The number of aromatic nitrogens is 4. The molecule has 6 nitrogen and oxygen atoms in total. The van der Waals surface area contributed by atoms with Gasteiger partial charge in [0.2, 0.25) is 0 Å². The standard InChI is InChI=1S/C16H17BrN4O2/c1-19-14-13(15(22)20(2)16(19)23)21(9-8-17)12(18-14)10-11-6-4-3-5-7-11/h3-7H,8-10H2,1-2H3. The summed E-state index contributed by atoms with van der Waals surface area (Å²) in [5.41, 5.74) is 1.35. The molecule has 7 heteroatoms. The highest BCUT2D eigenvalue weighted by molar-refractivity contribution is 9.09. The molecule has 3 aromatic rings. The van der Waals surface area contributed by atoms with Gasteiger partial charge in [-0.25, -0.2) is 9.78 Å². The van der Waals surface area contributed by atoms with Crippen LogP contribution in [0.25, 0.3) is 11.2 Å². The highest BCUT2D eigenvalue weighted by Crippen LogP contribution is 2.15. The number of hydrogen-bond donors (Lipinski definition) is 0. The van der Waals surface area contributed by atoms with Crippen molar-refractivity contribution >= 4 is 27.1 Å². The maximum atomic E-state index is 12.5. The van der Waals surface area contributed by atoms with Crippen molar-refractivity contribution in [3.05, 3.63) is 62.6 Å². The van der Waals surface area contributed by atoms with Crippen molar-refractivity contribution in [3.63, 3.8) is 0 Å². The molecule has 0 unspecified atom stereocenters. The van der Waals surface area contributed by atoms with Crippen molar-refractivity contribution in [1.29, 1.82) is 0 Å². The second-order valence-corrected chi connectivity index (χ2v) is 6.20. The molecule has 0 saturated carbocycles. The van der Waals surface area contributed by atoms with Gasteiger partial charge in [-0.3, -0.25) is 13.9 Å². The van der Waals surface area contributed by atoms with Gasteiger partial charge in [-0.15, -0.1) is 0 Å². The molecule has 0 saturated heterocycles. The molecule has 0 radical (unpaired) electrons. The summed E-state index contributed by atoms with van der Waals surface area (Å²) in [6, 6.07) is 9.96. The van der Waals surface area contributed by atoms with Crippen molar-refractivity contribution in [1.82, 2.24) is 18.7 Å². The molecule has 120 valence electrons. The number of imidazole rings is 1. The van der Waals surface area contributed by atoms with E-state index in [0.29, 0.717) is 29.5 Å². The molecule has 0 aliphatic carbocycles. The first kappa shape index (κ1) is 15.7. The summed E-state index contributed by atoms with van der Waals surface area (Å²) in [6.45, 7) is 0.617. The van der Waals surface area contributed by atoms with Gasteiger partial charge in [-0.1, -0.05) is 46.3 Å². The molecule has 0 bridgehead atoms. The fourth-order valence-corrected chi connectivity index (χ4v) is 3.08. The zero-order chi connectivity index (χ0) is 16.6. The Kier molecular flexibility index (Phi) is 4.21. The van der Waals surface area contributed by atoms with Crippen LogP contribution in [-0.4, -0.2) is 24.0 Å². The second kappa shape index (κ2) is 6.16. The molecule has 0 aliphatic heterocycles. The molecule has 3 rings (SSSR count). The van der Waals surface area contributed by atoms with Gasteiger partial charge in [-0.2, -0.15) is 0 Å². The van der Waals surface area contributed by atoms with E-state index in [-0.39, 0.29) is 11.2 Å². The van der Waals surface area contributed by atoms with E-state index in [9.17, 15) is 9.59 Å². The van der Waals surface area contributed by atoms with Gasteiger partial charge in [0.1, 0.15) is 5.82 Å². The van der Waals surface area contributed by atoms with Crippen LogP contribution in [-0.2, 0) is 27.1 Å². The van der Waals surface area contributed by atoms with Crippen LogP contribution in [0.4, 0.5) is 0 Å². The van der Waals surface area contributed by atoms with Crippen LogP contribution in [0.2, 0.25) is 0 Å². The summed E-state index contributed by atoms with van der Waals surface area (Å²) in [7, 11) is 3.13. The van der Waals surface area contributed by atoms with E-state index in [1.54, 1.807) is 7.05 Å². The number of fused-ring (bicyclic) bond motifs is 1. The lowest BCUT2D eigenvalue weighted by Gasteiger charge is -2.08. The lowest BCUT2D eigenvalue weighted by atomic mass is 10.1. The Bertz CT molecular complexity index is 970. The molecule has 0 amide bonds. The molecule has 23 heavy (non-hydrogen) atoms. The predicted octanol–water partition coefficient (Wildman–Crippen LogP) is 1.42. The maximum absolute atomic E-state index is 12.5. The highest BCUT2D eigenvalue weighted by Gasteiger charge is 2.18. The van der Waals surface area contributed by atoms with Gasteiger partial charge in [-0.05, 0) is 5.56 Å². The lowest BCUT2D eigenvalue weighted by Crippen LogP contribution is -2.37. The molecule has 0 spiro atoms. The van der Waals surface area contributed by atoms with Crippen LogP contribution in [0.3, 0.4) is 0 Å². The summed E-state index contributed by atoms with van der Waals surface area (Å²) in [4.78, 5) is 29.2. The molecule has 2 heterocycles. The van der Waals surface area contributed by atoms with Crippen molar-refractivity contribution in [2.24, 2.45) is 14.1 Å². The van der Waals surface area contributed by atoms with Crippen molar-refractivity contribution in [2.75, 3.05) is 5.33 Å². The molecular weight excluding hydrogens is 360 g/mol. The predicted molar refractivity (Wildman–Crippen MR) is 93.3 cm³/mol. The minimum atomic E-state index is -0.364. The van der Waals surface area contributed by atoms with Gasteiger partial charge in [0.15, 0.2) is 11.2 Å². The summed E-state index contributed by atoms with van der Waals surface area (Å²) in [6.07, 6.45) is 0.611. The maximum Gasteiger partial charge on any atom is 0.332 e. The normalized spacial score (nSPS) is 11.3. The van der Waals surface area contributed by atoms with Gasteiger partial charge in [0.25, 0.3) is 5.56 Å². The quantitative estimate of drug-likeness (QED) is 0.647. The summed E-state index contributed by atoms with van der Waals surface area (Å²) in [5.74, 6) is 0.781. The van der Waals surface area contributed by atoms with E-state index < -0.39 is 0 Å². The van der Waals surface area contributed by atoms with E-state index in [1.165, 1.54) is 11.6 Å². The van der Waals surface area contributed by atoms with E-state index in [0.717, 1.165) is 16.0 Å². The fourth-order valence-electron chi connectivity index (χ4n) is 2.73. The van der Waals surface area contributed by atoms with Crippen LogP contribution in [0.15, 0.2) is 39.9 Å². The number of alkyl halides is 1. The Morgan fingerprint density at radius 2 is 1.78 bits per heavy atom.